The molecule has 124 valence electrons. The van der Waals surface area contributed by atoms with Crippen molar-refractivity contribution >= 4 is 16.9 Å². The van der Waals surface area contributed by atoms with E-state index >= 15 is 0 Å². The molecule has 0 aliphatic rings. The van der Waals surface area contributed by atoms with Gasteiger partial charge < -0.3 is 15.0 Å². The highest BCUT2D eigenvalue weighted by molar-refractivity contribution is 5.77. The van der Waals surface area contributed by atoms with Crippen molar-refractivity contribution in [2.45, 2.75) is 26.0 Å². The van der Waals surface area contributed by atoms with E-state index < -0.39 is 6.10 Å². The van der Waals surface area contributed by atoms with E-state index in [1.165, 1.54) is 0 Å². The van der Waals surface area contributed by atoms with E-state index in [2.05, 4.69) is 10.3 Å². The zero-order chi connectivity index (χ0) is 16.9. The number of hydrogen-bond donors (Lipinski definition) is 2. The molecule has 0 aliphatic carbocycles. The van der Waals surface area contributed by atoms with Crippen LogP contribution in [0.3, 0.4) is 0 Å². The fraction of sp³-hybridized carbons (Fsp3) is 0.263. The summed E-state index contributed by atoms with van der Waals surface area (Å²) in [7, 11) is 0. The first kappa shape index (κ1) is 16.2. The van der Waals surface area contributed by atoms with Crippen LogP contribution in [0, 0.1) is 6.92 Å². The molecule has 1 atom stereocenters. The van der Waals surface area contributed by atoms with Crippen molar-refractivity contribution in [3.8, 4) is 0 Å². The van der Waals surface area contributed by atoms with E-state index in [0.717, 1.165) is 22.2 Å². The summed E-state index contributed by atoms with van der Waals surface area (Å²) in [5, 5.41) is 13.0. The van der Waals surface area contributed by atoms with Gasteiger partial charge in [0.05, 0.1) is 23.5 Å². The molecule has 0 fully saturated rings. The Kier molecular flexibility index (Phi) is 4.91. The first-order valence-corrected chi connectivity index (χ1v) is 8.05. The van der Waals surface area contributed by atoms with E-state index in [9.17, 15) is 9.90 Å². The minimum Gasteiger partial charge on any atom is -0.387 e. The van der Waals surface area contributed by atoms with Crippen LogP contribution in [-0.4, -0.2) is 27.1 Å². The number of carbonyl (C=O) groups is 1. The van der Waals surface area contributed by atoms with Gasteiger partial charge in [-0.05, 0) is 30.2 Å². The maximum Gasteiger partial charge on any atom is 0.221 e. The minimum atomic E-state index is -0.691. The van der Waals surface area contributed by atoms with Gasteiger partial charge in [-0.15, -0.1) is 0 Å². The zero-order valence-corrected chi connectivity index (χ0v) is 13.6. The lowest BCUT2D eigenvalue weighted by Gasteiger charge is -2.14. The number of imidazole rings is 1. The van der Waals surface area contributed by atoms with Gasteiger partial charge in [-0.2, -0.15) is 0 Å². The van der Waals surface area contributed by atoms with Gasteiger partial charge in [0.2, 0.25) is 5.91 Å². The molecule has 0 saturated heterocycles. The summed E-state index contributed by atoms with van der Waals surface area (Å²) in [5.41, 5.74) is 3.81. The third-order valence-electron chi connectivity index (χ3n) is 4.15. The van der Waals surface area contributed by atoms with Gasteiger partial charge >= 0.3 is 0 Å². The quantitative estimate of drug-likeness (QED) is 0.733. The molecule has 2 aromatic carbocycles. The molecule has 1 heterocycles. The van der Waals surface area contributed by atoms with Gasteiger partial charge in [-0.25, -0.2) is 4.98 Å². The Bertz CT molecular complexity index is 841. The summed E-state index contributed by atoms with van der Waals surface area (Å²) in [6, 6.07) is 15.5. The van der Waals surface area contributed by atoms with Crippen molar-refractivity contribution in [3.05, 3.63) is 66.0 Å². The molecule has 0 radical (unpaired) electrons. The van der Waals surface area contributed by atoms with Crippen LogP contribution in [0.2, 0.25) is 0 Å². The summed E-state index contributed by atoms with van der Waals surface area (Å²) in [4.78, 5) is 16.4. The van der Waals surface area contributed by atoms with Crippen LogP contribution in [0.15, 0.2) is 54.9 Å². The van der Waals surface area contributed by atoms with E-state index in [1.807, 2.05) is 60.0 Å². The number of aliphatic hydroxyl groups is 1. The molecule has 3 rings (SSSR count). The average molecular weight is 323 g/mol. The number of aliphatic hydroxyl groups excluding tert-OH is 1. The standard InChI is InChI=1S/C19H21N3O2/c1-14-6-2-3-7-15(14)18(23)12-20-19(24)10-11-22-13-21-16-8-4-5-9-17(16)22/h2-9,13,18,23H,10-12H2,1H3,(H,20,24). The predicted molar refractivity (Wildman–Crippen MR) is 93.5 cm³/mol. The number of nitrogens with zero attached hydrogens (tertiary/aromatic N) is 2. The molecule has 5 heteroatoms. The van der Waals surface area contributed by atoms with E-state index in [1.54, 1.807) is 6.33 Å². The number of para-hydroxylation sites is 2. The van der Waals surface area contributed by atoms with Crippen LogP contribution in [-0.2, 0) is 11.3 Å². The van der Waals surface area contributed by atoms with Crippen molar-refractivity contribution < 1.29 is 9.90 Å². The molecule has 3 aromatic rings. The second-order valence-electron chi connectivity index (χ2n) is 5.85. The number of hydrogen-bond acceptors (Lipinski definition) is 3. The monoisotopic (exact) mass is 323 g/mol. The summed E-state index contributed by atoms with van der Waals surface area (Å²) < 4.78 is 1.96. The van der Waals surface area contributed by atoms with Gasteiger partial charge in [-0.1, -0.05) is 36.4 Å². The SMILES string of the molecule is Cc1ccccc1C(O)CNC(=O)CCn1cnc2ccccc21. The maximum atomic E-state index is 12.0. The molecular weight excluding hydrogens is 302 g/mol. The lowest BCUT2D eigenvalue weighted by Crippen LogP contribution is -2.29. The molecular formula is C19H21N3O2. The van der Waals surface area contributed by atoms with Crippen LogP contribution < -0.4 is 5.32 Å². The molecule has 5 nitrogen and oxygen atoms in total. The van der Waals surface area contributed by atoms with Crippen LogP contribution in [0.5, 0.6) is 0 Å². The highest BCUT2D eigenvalue weighted by atomic mass is 16.3. The third-order valence-corrected chi connectivity index (χ3v) is 4.15. The average Bonchev–Trinajstić information content (AvgIpc) is 3.01. The van der Waals surface area contributed by atoms with E-state index in [0.29, 0.717) is 13.0 Å². The van der Waals surface area contributed by atoms with Crippen molar-refractivity contribution in [3.63, 3.8) is 0 Å². The number of fused-ring (bicyclic) bond motifs is 1. The number of benzene rings is 2. The van der Waals surface area contributed by atoms with Crippen LogP contribution >= 0.6 is 0 Å². The Hall–Kier alpha value is -2.66. The molecule has 0 saturated carbocycles. The summed E-state index contributed by atoms with van der Waals surface area (Å²) >= 11 is 0. The number of nitrogens with one attached hydrogen (secondary N) is 1. The molecule has 0 aliphatic heterocycles. The largest absolute Gasteiger partial charge is 0.387 e. The molecule has 0 bridgehead atoms. The third kappa shape index (κ3) is 3.63. The highest BCUT2D eigenvalue weighted by Gasteiger charge is 2.11. The van der Waals surface area contributed by atoms with E-state index in [-0.39, 0.29) is 12.5 Å². The van der Waals surface area contributed by atoms with Crippen molar-refractivity contribution in [1.29, 1.82) is 0 Å². The number of aryl methyl sites for hydroxylation is 2. The maximum absolute atomic E-state index is 12.0. The summed E-state index contributed by atoms with van der Waals surface area (Å²) in [5.74, 6) is -0.0829. The highest BCUT2D eigenvalue weighted by Crippen LogP contribution is 2.16. The number of carbonyl (C=O) groups excluding carboxylic acids is 1. The summed E-state index contributed by atoms with van der Waals surface area (Å²) in [6.07, 6.45) is 1.41. The molecule has 1 aromatic heterocycles. The van der Waals surface area contributed by atoms with Crippen LogP contribution in [0.25, 0.3) is 11.0 Å². The lowest BCUT2D eigenvalue weighted by atomic mass is 10.0. The second kappa shape index (κ2) is 7.27. The lowest BCUT2D eigenvalue weighted by molar-refractivity contribution is -0.121. The molecule has 24 heavy (non-hydrogen) atoms. The first-order valence-electron chi connectivity index (χ1n) is 8.05. The Morgan fingerprint density at radius 2 is 1.96 bits per heavy atom. The van der Waals surface area contributed by atoms with E-state index in [4.69, 9.17) is 0 Å². The number of aromatic nitrogens is 2. The topological polar surface area (TPSA) is 67.2 Å². The molecule has 1 unspecified atom stereocenters. The van der Waals surface area contributed by atoms with Gasteiger partial charge in [0.15, 0.2) is 0 Å². The van der Waals surface area contributed by atoms with Gasteiger partial charge in [0.1, 0.15) is 0 Å². The smallest absolute Gasteiger partial charge is 0.221 e. The normalized spacial score (nSPS) is 12.2. The number of rotatable bonds is 6. The fourth-order valence-corrected chi connectivity index (χ4v) is 2.78. The van der Waals surface area contributed by atoms with Crippen molar-refractivity contribution in [2.75, 3.05) is 6.54 Å². The number of amides is 1. The molecule has 2 N–H and O–H groups in total. The van der Waals surface area contributed by atoms with Crippen molar-refractivity contribution in [1.82, 2.24) is 14.9 Å². The van der Waals surface area contributed by atoms with Gasteiger partial charge in [-0.3, -0.25) is 4.79 Å². The molecule has 1 amide bonds. The van der Waals surface area contributed by atoms with Gasteiger partial charge in [0.25, 0.3) is 0 Å². The fourth-order valence-electron chi connectivity index (χ4n) is 2.78. The summed E-state index contributed by atoms with van der Waals surface area (Å²) in [6.45, 7) is 2.73. The van der Waals surface area contributed by atoms with Crippen molar-refractivity contribution in [2.24, 2.45) is 0 Å². The van der Waals surface area contributed by atoms with Crippen LogP contribution in [0.4, 0.5) is 0 Å². The van der Waals surface area contributed by atoms with Gasteiger partial charge in [0, 0.05) is 19.5 Å². The molecule has 0 spiro atoms. The first-order chi connectivity index (χ1) is 11.6. The Labute approximate surface area is 141 Å². The second-order valence-corrected chi connectivity index (χ2v) is 5.85. The minimum absolute atomic E-state index is 0.0829. The van der Waals surface area contributed by atoms with Crippen LogP contribution in [0.1, 0.15) is 23.7 Å². The Morgan fingerprint density at radius 3 is 2.79 bits per heavy atom. The zero-order valence-electron chi connectivity index (χ0n) is 13.6. The predicted octanol–water partition coefficient (Wildman–Crippen LogP) is 2.58. The Morgan fingerprint density at radius 1 is 1.21 bits per heavy atom. The Balaban J connectivity index is 1.52.